The molecule has 8 heteroatoms. The van der Waals surface area contributed by atoms with Crippen molar-refractivity contribution in [3.05, 3.63) is 65.5 Å². The van der Waals surface area contributed by atoms with Gasteiger partial charge in [0.2, 0.25) is 0 Å². The standard InChI is InChI=1S/C17H16N4O4/c1-25-17(24)14-6-4-12(5-7-14)11-20-21-16(23)15(22)19-10-13-3-2-8-18-9-13/h2-9,11H,10H2,1H3,(H,19,22)(H,21,23)/b20-11-. The van der Waals surface area contributed by atoms with Crippen molar-refractivity contribution in [3.63, 3.8) is 0 Å². The first kappa shape index (κ1) is 17.8. The van der Waals surface area contributed by atoms with Crippen LogP contribution in [0, 0.1) is 0 Å². The Morgan fingerprint density at radius 3 is 2.56 bits per heavy atom. The normalized spacial score (nSPS) is 10.3. The summed E-state index contributed by atoms with van der Waals surface area (Å²) in [5.41, 5.74) is 3.95. The van der Waals surface area contributed by atoms with Gasteiger partial charge in [-0.25, -0.2) is 10.2 Å². The number of methoxy groups -OCH3 is 1. The largest absolute Gasteiger partial charge is 0.465 e. The Bertz CT molecular complexity index is 773. The lowest BCUT2D eigenvalue weighted by atomic mass is 10.1. The molecule has 0 radical (unpaired) electrons. The molecule has 25 heavy (non-hydrogen) atoms. The second-order valence-corrected chi connectivity index (χ2v) is 4.86. The fraction of sp³-hybridized carbons (Fsp3) is 0.118. The summed E-state index contributed by atoms with van der Waals surface area (Å²) in [6.07, 6.45) is 4.56. The minimum absolute atomic E-state index is 0.193. The van der Waals surface area contributed by atoms with Gasteiger partial charge in [-0.05, 0) is 29.3 Å². The molecular formula is C17H16N4O4. The van der Waals surface area contributed by atoms with Gasteiger partial charge in [0.15, 0.2) is 0 Å². The number of nitrogens with zero attached hydrogens (tertiary/aromatic N) is 2. The van der Waals surface area contributed by atoms with Crippen LogP contribution in [0.25, 0.3) is 0 Å². The van der Waals surface area contributed by atoms with E-state index in [0.717, 1.165) is 5.56 Å². The van der Waals surface area contributed by atoms with Crippen LogP contribution in [0.15, 0.2) is 53.9 Å². The van der Waals surface area contributed by atoms with Crippen molar-refractivity contribution in [2.45, 2.75) is 6.54 Å². The second kappa shape index (κ2) is 8.92. The second-order valence-electron chi connectivity index (χ2n) is 4.86. The summed E-state index contributed by atoms with van der Waals surface area (Å²) >= 11 is 0. The Balaban J connectivity index is 1.81. The number of pyridine rings is 1. The number of hydrogen-bond donors (Lipinski definition) is 2. The van der Waals surface area contributed by atoms with Crippen molar-refractivity contribution < 1.29 is 19.1 Å². The highest BCUT2D eigenvalue weighted by molar-refractivity contribution is 6.35. The topological polar surface area (TPSA) is 110 Å². The Labute approximate surface area is 143 Å². The fourth-order valence-electron chi connectivity index (χ4n) is 1.80. The number of carbonyl (C=O) groups excluding carboxylic acids is 3. The molecule has 2 aromatic rings. The van der Waals surface area contributed by atoms with Gasteiger partial charge in [0, 0.05) is 18.9 Å². The Hall–Kier alpha value is -3.55. The average molecular weight is 340 g/mol. The van der Waals surface area contributed by atoms with E-state index < -0.39 is 17.8 Å². The number of hydrogen-bond acceptors (Lipinski definition) is 6. The molecule has 128 valence electrons. The summed E-state index contributed by atoms with van der Waals surface area (Å²) < 4.78 is 4.59. The monoisotopic (exact) mass is 340 g/mol. The van der Waals surface area contributed by atoms with Gasteiger partial charge in [-0.15, -0.1) is 0 Å². The Morgan fingerprint density at radius 1 is 1.16 bits per heavy atom. The molecule has 0 unspecified atom stereocenters. The summed E-state index contributed by atoms with van der Waals surface area (Å²) in [6.45, 7) is 0.193. The van der Waals surface area contributed by atoms with Crippen LogP contribution in [0.5, 0.6) is 0 Å². The fourth-order valence-corrected chi connectivity index (χ4v) is 1.80. The van der Waals surface area contributed by atoms with Gasteiger partial charge in [0.1, 0.15) is 0 Å². The van der Waals surface area contributed by atoms with Gasteiger partial charge < -0.3 is 10.1 Å². The van der Waals surface area contributed by atoms with Gasteiger partial charge in [-0.3, -0.25) is 14.6 Å². The first-order chi connectivity index (χ1) is 12.1. The number of carbonyl (C=O) groups is 3. The summed E-state index contributed by atoms with van der Waals surface area (Å²) in [5.74, 6) is -2.13. The average Bonchev–Trinajstić information content (AvgIpc) is 2.66. The Morgan fingerprint density at radius 2 is 1.92 bits per heavy atom. The first-order valence-corrected chi connectivity index (χ1v) is 7.28. The van der Waals surface area contributed by atoms with E-state index in [1.165, 1.54) is 13.3 Å². The van der Waals surface area contributed by atoms with Gasteiger partial charge in [0.05, 0.1) is 18.9 Å². The van der Waals surface area contributed by atoms with E-state index in [4.69, 9.17) is 0 Å². The highest BCUT2D eigenvalue weighted by Gasteiger charge is 2.11. The Kier molecular flexibility index (Phi) is 6.35. The maximum atomic E-state index is 11.6. The molecule has 1 aromatic carbocycles. The number of rotatable bonds is 5. The van der Waals surface area contributed by atoms with Crippen LogP contribution in [0.1, 0.15) is 21.5 Å². The van der Waals surface area contributed by atoms with Crippen LogP contribution in [-0.2, 0) is 20.9 Å². The summed E-state index contributed by atoms with van der Waals surface area (Å²) in [7, 11) is 1.30. The van der Waals surface area contributed by atoms with E-state index in [1.54, 1.807) is 48.8 Å². The lowest BCUT2D eigenvalue weighted by molar-refractivity contribution is -0.139. The maximum absolute atomic E-state index is 11.6. The molecule has 2 rings (SSSR count). The van der Waals surface area contributed by atoms with Gasteiger partial charge in [0.25, 0.3) is 0 Å². The molecule has 8 nitrogen and oxygen atoms in total. The number of aromatic nitrogens is 1. The summed E-state index contributed by atoms with van der Waals surface area (Å²) in [6, 6.07) is 9.90. The quantitative estimate of drug-likeness (QED) is 0.359. The molecule has 1 aromatic heterocycles. The van der Waals surface area contributed by atoms with Crippen molar-refractivity contribution in [1.29, 1.82) is 0 Å². The predicted molar refractivity (Wildman–Crippen MR) is 89.6 cm³/mol. The highest BCUT2D eigenvalue weighted by Crippen LogP contribution is 2.03. The van der Waals surface area contributed by atoms with Gasteiger partial charge >= 0.3 is 17.8 Å². The van der Waals surface area contributed by atoms with E-state index in [9.17, 15) is 14.4 Å². The van der Waals surface area contributed by atoms with Gasteiger partial charge in [-0.2, -0.15) is 5.10 Å². The molecule has 0 spiro atoms. The zero-order chi connectivity index (χ0) is 18.1. The SMILES string of the molecule is COC(=O)c1ccc(/C=N\NC(=O)C(=O)NCc2cccnc2)cc1. The molecule has 0 aliphatic heterocycles. The molecule has 0 saturated carbocycles. The van der Waals surface area contributed by atoms with E-state index in [2.05, 4.69) is 25.6 Å². The molecule has 1 heterocycles. The van der Waals surface area contributed by atoms with E-state index >= 15 is 0 Å². The lowest BCUT2D eigenvalue weighted by Crippen LogP contribution is -2.37. The number of benzene rings is 1. The molecule has 0 fully saturated rings. The number of esters is 1. The number of amides is 2. The van der Waals surface area contributed by atoms with Crippen LogP contribution < -0.4 is 10.7 Å². The minimum Gasteiger partial charge on any atom is -0.465 e. The van der Waals surface area contributed by atoms with E-state index in [-0.39, 0.29) is 6.54 Å². The number of nitrogens with one attached hydrogen (secondary N) is 2. The third-order valence-electron chi connectivity index (χ3n) is 3.09. The predicted octanol–water partition coefficient (Wildman–Crippen LogP) is 0.635. The van der Waals surface area contributed by atoms with Crippen molar-refractivity contribution in [1.82, 2.24) is 15.7 Å². The van der Waals surface area contributed by atoms with Crippen LogP contribution >= 0.6 is 0 Å². The number of ether oxygens (including phenoxy) is 1. The molecule has 0 aliphatic rings. The third-order valence-corrected chi connectivity index (χ3v) is 3.09. The molecule has 0 atom stereocenters. The minimum atomic E-state index is -0.883. The number of hydrazone groups is 1. The lowest BCUT2D eigenvalue weighted by Gasteiger charge is -2.03. The molecule has 0 saturated heterocycles. The summed E-state index contributed by atoms with van der Waals surface area (Å²) in [4.78, 5) is 38.5. The van der Waals surface area contributed by atoms with E-state index in [1.807, 2.05) is 0 Å². The van der Waals surface area contributed by atoms with Crippen molar-refractivity contribution >= 4 is 24.0 Å². The summed E-state index contributed by atoms with van der Waals surface area (Å²) in [5, 5.41) is 6.16. The van der Waals surface area contributed by atoms with Crippen LogP contribution in [0.2, 0.25) is 0 Å². The van der Waals surface area contributed by atoms with Crippen molar-refractivity contribution in [2.75, 3.05) is 7.11 Å². The maximum Gasteiger partial charge on any atom is 0.337 e. The molecular weight excluding hydrogens is 324 g/mol. The van der Waals surface area contributed by atoms with Crippen molar-refractivity contribution in [3.8, 4) is 0 Å². The van der Waals surface area contributed by atoms with E-state index in [0.29, 0.717) is 11.1 Å². The molecule has 2 N–H and O–H groups in total. The smallest absolute Gasteiger partial charge is 0.337 e. The molecule has 2 amide bonds. The zero-order valence-electron chi connectivity index (χ0n) is 13.4. The zero-order valence-corrected chi connectivity index (χ0v) is 13.4. The van der Waals surface area contributed by atoms with Crippen molar-refractivity contribution in [2.24, 2.45) is 5.10 Å². The van der Waals surface area contributed by atoms with Crippen LogP contribution in [-0.4, -0.2) is 36.1 Å². The third kappa shape index (κ3) is 5.54. The molecule has 0 aliphatic carbocycles. The van der Waals surface area contributed by atoms with Crippen LogP contribution in [0.3, 0.4) is 0 Å². The first-order valence-electron chi connectivity index (χ1n) is 7.28. The van der Waals surface area contributed by atoms with Gasteiger partial charge in [-0.1, -0.05) is 18.2 Å². The highest BCUT2D eigenvalue weighted by atomic mass is 16.5. The molecule has 0 bridgehead atoms. The van der Waals surface area contributed by atoms with Crippen LogP contribution in [0.4, 0.5) is 0 Å².